The Hall–Kier alpha value is -2.14. The molecule has 6 heteroatoms. The Morgan fingerprint density at radius 1 is 1.33 bits per heavy atom. The molecule has 1 aromatic heterocycles. The average Bonchev–Trinajstić information content (AvgIpc) is 2.38. The zero-order valence-electron chi connectivity index (χ0n) is 9.42. The van der Waals surface area contributed by atoms with Gasteiger partial charge in [0.05, 0.1) is 12.1 Å². The van der Waals surface area contributed by atoms with E-state index in [1.165, 1.54) is 19.5 Å². The first-order valence-electron chi connectivity index (χ1n) is 5.01. The number of hydrogen-bond acceptors (Lipinski definition) is 4. The fourth-order valence-electron chi connectivity index (χ4n) is 1.51. The summed E-state index contributed by atoms with van der Waals surface area (Å²) in [6.07, 6.45) is 2.74. The van der Waals surface area contributed by atoms with Crippen molar-refractivity contribution in [3.8, 4) is 17.0 Å². The number of carbonyl (C=O) groups is 1. The van der Waals surface area contributed by atoms with E-state index in [9.17, 15) is 4.79 Å². The lowest BCUT2D eigenvalue weighted by atomic mass is 10.1. The second kappa shape index (κ2) is 5.01. The fraction of sp³-hybridized carbons (Fsp3) is 0.0833. The van der Waals surface area contributed by atoms with Crippen LogP contribution in [0.4, 0.5) is 0 Å². The summed E-state index contributed by atoms with van der Waals surface area (Å²) >= 11 is 6.08. The monoisotopic (exact) mass is 264 g/mol. The van der Waals surface area contributed by atoms with Gasteiger partial charge in [-0.3, -0.25) is 4.98 Å². The number of benzene rings is 1. The Balaban J connectivity index is 2.59. The van der Waals surface area contributed by atoms with Crippen LogP contribution in [0.25, 0.3) is 11.3 Å². The van der Waals surface area contributed by atoms with E-state index in [0.29, 0.717) is 16.3 Å². The SMILES string of the molecule is COc1ccc(-c2nccnc2C(=O)O)c(Cl)c1. The summed E-state index contributed by atoms with van der Waals surface area (Å²) in [6, 6.07) is 4.93. The van der Waals surface area contributed by atoms with Gasteiger partial charge < -0.3 is 9.84 Å². The number of aromatic nitrogens is 2. The van der Waals surface area contributed by atoms with Crippen molar-refractivity contribution in [2.24, 2.45) is 0 Å². The van der Waals surface area contributed by atoms with E-state index in [1.807, 2.05) is 0 Å². The molecular weight excluding hydrogens is 256 g/mol. The van der Waals surface area contributed by atoms with E-state index < -0.39 is 5.97 Å². The van der Waals surface area contributed by atoms with Crippen LogP contribution in [0.5, 0.6) is 5.75 Å². The van der Waals surface area contributed by atoms with Crippen LogP contribution in [0.1, 0.15) is 10.5 Å². The van der Waals surface area contributed by atoms with Gasteiger partial charge in [0.15, 0.2) is 5.69 Å². The van der Waals surface area contributed by atoms with Gasteiger partial charge in [0.2, 0.25) is 0 Å². The van der Waals surface area contributed by atoms with Gasteiger partial charge in [0.1, 0.15) is 11.4 Å². The summed E-state index contributed by atoms with van der Waals surface area (Å²) in [5, 5.41) is 9.41. The van der Waals surface area contributed by atoms with E-state index in [-0.39, 0.29) is 11.4 Å². The van der Waals surface area contributed by atoms with Crippen molar-refractivity contribution < 1.29 is 14.6 Å². The van der Waals surface area contributed by atoms with Gasteiger partial charge in [-0.15, -0.1) is 0 Å². The Morgan fingerprint density at radius 3 is 2.67 bits per heavy atom. The highest BCUT2D eigenvalue weighted by atomic mass is 35.5. The molecule has 0 saturated heterocycles. The van der Waals surface area contributed by atoms with Crippen molar-refractivity contribution in [3.63, 3.8) is 0 Å². The van der Waals surface area contributed by atoms with Crippen LogP contribution in [0.3, 0.4) is 0 Å². The number of methoxy groups -OCH3 is 1. The molecule has 5 nitrogen and oxygen atoms in total. The second-order valence-electron chi connectivity index (χ2n) is 3.40. The molecule has 2 rings (SSSR count). The topological polar surface area (TPSA) is 72.3 Å². The molecule has 92 valence electrons. The van der Waals surface area contributed by atoms with Crippen molar-refractivity contribution >= 4 is 17.6 Å². The van der Waals surface area contributed by atoms with Gasteiger partial charge in [-0.05, 0) is 18.2 Å². The van der Waals surface area contributed by atoms with E-state index in [1.54, 1.807) is 18.2 Å². The van der Waals surface area contributed by atoms with Crippen LogP contribution in [0.2, 0.25) is 5.02 Å². The molecule has 1 heterocycles. The summed E-state index contributed by atoms with van der Waals surface area (Å²) in [5.74, 6) is -0.561. The molecule has 0 aliphatic heterocycles. The Morgan fingerprint density at radius 2 is 2.06 bits per heavy atom. The molecule has 0 aliphatic carbocycles. The zero-order valence-corrected chi connectivity index (χ0v) is 10.2. The molecule has 18 heavy (non-hydrogen) atoms. The van der Waals surface area contributed by atoms with Gasteiger partial charge in [-0.1, -0.05) is 11.6 Å². The summed E-state index contributed by atoms with van der Waals surface area (Å²) in [4.78, 5) is 18.9. The molecule has 0 atom stereocenters. The number of carboxylic acid groups (broad SMARTS) is 1. The van der Waals surface area contributed by atoms with Crippen molar-refractivity contribution in [2.75, 3.05) is 7.11 Å². The number of aromatic carboxylic acids is 1. The molecule has 0 spiro atoms. The smallest absolute Gasteiger partial charge is 0.356 e. The molecule has 0 radical (unpaired) electrons. The lowest BCUT2D eigenvalue weighted by molar-refractivity contribution is 0.0691. The van der Waals surface area contributed by atoms with Crippen LogP contribution in [0, 0.1) is 0 Å². The third kappa shape index (κ3) is 2.26. The zero-order chi connectivity index (χ0) is 13.1. The molecular formula is C12H9ClN2O3. The van der Waals surface area contributed by atoms with Crippen molar-refractivity contribution in [2.45, 2.75) is 0 Å². The molecule has 1 aromatic carbocycles. The van der Waals surface area contributed by atoms with Crippen LogP contribution in [-0.4, -0.2) is 28.2 Å². The van der Waals surface area contributed by atoms with Crippen LogP contribution in [0.15, 0.2) is 30.6 Å². The molecule has 2 aromatic rings. The van der Waals surface area contributed by atoms with Crippen LogP contribution >= 0.6 is 11.6 Å². The summed E-state index contributed by atoms with van der Waals surface area (Å²) in [5.41, 5.74) is 0.602. The first-order valence-corrected chi connectivity index (χ1v) is 5.39. The quantitative estimate of drug-likeness (QED) is 0.922. The lowest BCUT2D eigenvalue weighted by Crippen LogP contribution is -2.04. The number of rotatable bonds is 3. The maximum atomic E-state index is 11.1. The first kappa shape index (κ1) is 12.3. The summed E-state index contributed by atoms with van der Waals surface area (Å²) in [6.45, 7) is 0. The molecule has 0 unspecified atom stereocenters. The van der Waals surface area contributed by atoms with E-state index in [2.05, 4.69) is 9.97 Å². The van der Waals surface area contributed by atoms with Crippen molar-refractivity contribution in [1.29, 1.82) is 0 Å². The van der Waals surface area contributed by atoms with Crippen molar-refractivity contribution in [1.82, 2.24) is 9.97 Å². The number of hydrogen-bond donors (Lipinski definition) is 1. The van der Waals surface area contributed by atoms with E-state index in [0.717, 1.165) is 0 Å². The predicted molar refractivity (Wildman–Crippen MR) is 66.0 cm³/mol. The van der Waals surface area contributed by atoms with Crippen LogP contribution < -0.4 is 4.74 Å². The van der Waals surface area contributed by atoms with Gasteiger partial charge in [-0.25, -0.2) is 9.78 Å². The van der Waals surface area contributed by atoms with Gasteiger partial charge in [0, 0.05) is 18.0 Å². The average molecular weight is 265 g/mol. The highest BCUT2D eigenvalue weighted by Gasteiger charge is 2.16. The molecule has 0 saturated carbocycles. The predicted octanol–water partition coefficient (Wildman–Crippen LogP) is 2.50. The van der Waals surface area contributed by atoms with Crippen molar-refractivity contribution in [3.05, 3.63) is 41.3 Å². The second-order valence-corrected chi connectivity index (χ2v) is 3.81. The highest BCUT2D eigenvalue weighted by Crippen LogP contribution is 2.31. The largest absolute Gasteiger partial charge is 0.497 e. The fourth-order valence-corrected chi connectivity index (χ4v) is 1.77. The number of halogens is 1. The third-order valence-electron chi connectivity index (χ3n) is 2.33. The van der Waals surface area contributed by atoms with Gasteiger partial charge in [-0.2, -0.15) is 0 Å². The Bertz CT molecular complexity index is 602. The minimum atomic E-state index is -1.15. The third-order valence-corrected chi connectivity index (χ3v) is 2.64. The molecule has 1 N–H and O–H groups in total. The summed E-state index contributed by atoms with van der Waals surface area (Å²) < 4.78 is 5.03. The van der Waals surface area contributed by atoms with E-state index >= 15 is 0 Å². The highest BCUT2D eigenvalue weighted by molar-refractivity contribution is 6.33. The maximum absolute atomic E-state index is 11.1. The number of ether oxygens (including phenoxy) is 1. The molecule has 0 amide bonds. The maximum Gasteiger partial charge on any atom is 0.356 e. The lowest BCUT2D eigenvalue weighted by Gasteiger charge is -2.07. The minimum absolute atomic E-state index is 0.135. The van der Waals surface area contributed by atoms with E-state index in [4.69, 9.17) is 21.4 Å². The molecule has 0 fully saturated rings. The Kier molecular flexibility index (Phi) is 3.43. The Labute approximate surface area is 108 Å². The minimum Gasteiger partial charge on any atom is -0.497 e. The normalized spacial score (nSPS) is 10.1. The number of nitrogens with zero attached hydrogens (tertiary/aromatic N) is 2. The standard InChI is InChI=1S/C12H9ClN2O3/c1-18-7-2-3-8(9(13)6-7)10-11(12(16)17)15-5-4-14-10/h2-6H,1H3,(H,16,17). The van der Waals surface area contributed by atoms with Gasteiger partial charge >= 0.3 is 5.97 Å². The van der Waals surface area contributed by atoms with Crippen LogP contribution in [-0.2, 0) is 0 Å². The molecule has 0 bridgehead atoms. The summed E-state index contributed by atoms with van der Waals surface area (Å²) in [7, 11) is 1.52. The van der Waals surface area contributed by atoms with Gasteiger partial charge in [0.25, 0.3) is 0 Å². The first-order chi connectivity index (χ1) is 8.63. The molecule has 0 aliphatic rings. The number of carboxylic acids is 1.